The fourth-order valence-corrected chi connectivity index (χ4v) is 4.41. The van der Waals surface area contributed by atoms with Crippen LogP contribution < -0.4 is 5.14 Å². The molecular weight excluding hydrogens is 310 g/mol. The summed E-state index contributed by atoms with van der Waals surface area (Å²) in [4.78, 5) is 2.35. The van der Waals surface area contributed by atoms with Crippen molar-refractivity contribution in [3.63, 3.8) is 0 Å². The van der Waals surface area contributed by atoms with E-state index in [9.17, 15) is 8.42 Å². The minimum absolute atomic E-state index is 0.199. The van der Waals surface area contributed by atoms with E-state index >= 15 is 0 Å². The van der Waals surface area contributed by atoms with E-state index in [-0.39, 0.29) is 6.04 Å². The van der Waals surface area contributed by atoms with Gasteiger partial charge in [0.1, 0.15) is 0 Å². The van der Waals surface area contributed by atoms with Gasteiger partial charge in [-0.05, 0) is 22.3 Å². The molecule has 0 aromatic heterocycles. The van der Waals surface area contributed by atoms with Crippen LogP contribution in [0.15, 0.2) is 48.5 Å². The van der Waals surface area contributed by atoms with Crippen LogP contribution >= 0.6 is 0 Å². The molecule has 1 fully saturated rings. The zero-order valence-electron chi connectivity index (χ0n) is 12.7. The molecule has 1 aliphatic heterocycles. The third kappa shape index (κ3) is 2.48. The molecule has 2 aromatic rings. The van der Waals surface area contributed by atoms with Gasteiger partial charge in [-0.3, -0.25) is 4.90 Å². The summed E-state index contributed by atoms with van der Waals surface area (Å²) in [5, 5.41) is 5.24. The summed E-state index contributed by atoms with van der Waals surface area (Å²) in [5.41, 5.74) is 5.17. The number of hydrogen-bond donors (Lipinski definition) is 1. The van der Waals surface area contributed by atoms with E-state index in [1.165, 1.54) is 26.6 Å². The lowest BCUT2D eigenvalue weighted by Crippen LogP contribution is -2.51. The lowest BCUT2D eigenvalue weighted by molar-refractivity contribution is 0.158. The average Bonchev–Trinajstić information content (AvgIpc) is 2.89. The van der Waals surface area contributed by atoms with Crippen molar-refractivity contribution in [3.8, 4) is 11.1 Å². The number of rotatable bonds is 2. The largest absolute Gasteiger partial charge is 0.290 e. The molecule has 1 aliphatic carbocycles. The molecule has 6 heteroatoms. The molecule has 0 spiro atoms. The van der Waals surface area contributed by atoms with Gasteiger partial charge in [-0.2, -0.15) is 12.7 Å². The summed E-state index contributed by atoms with van der Waals surface area (Å²) in [6.07, 6.45) is 0. The number of fused-ring (bicyclic) bond motifs is 3. The molecule has 120 valence electrons. The summed E-state index contributed by atoms with van der Waals surface area (Å²) >= 11 is 0. The molecule has 0 radical (unpaired) electrons. The van der Waals surface area contributed by atoms with E-state index in [4.69, 9.17) is 5.14 Å². The van der Waals surface area contributed by atoms with Crippen molar-refractivity contribution in [1.29, 1.82) is 0 Å². The van der Waals surface area contributed by atoms with Gasteiger partial charge in [-0.25, -0.2) is 5.14 Å². The molecule has 0 amide bonds. The summed E-state index contributed by atoms with van der Waals surface area (Å²) in [6.45, 7) is 2.26. The highest BCUT2D eigenvalue weighted by molar-refractivity contribution is 7.86. The van der Waals surface area contributed by atoms with E-state index in [1.807, 2.05) is 0 Å². The Hall–Kier alpha value is -1.73. The second kappa shape index (κ2) is 5.42. The first-order valence-corrected chi connectivity index (χ1v) is 9.26. The van der Waals surface area contributed by atoms with Gasteiger partial charge in [0, 0.05) is 26.2 Å². The molecule has 1 saturated heterocycles. The maximum atomic E-state index is 11.5. The molecule has 23 heavy (non-hydrogen) atoms. The standard InChI is InChI=1S/C17H19N3O2S/c18-23(21,22)20-11-9-19(10-12-20)17-15-7-3-1-5-13(15)14-6-2-4-8-16(14)17/h1-8,17H,9-12H2,(H2,18,21,22). The van der Waals surface area contributed by atoms with Crippen LogP contribution in [-0.4, -0.2) is 43.8 Å². The second-order valence-corrected chi connectivity index (χ2v) is 7.60. The van der Waals surface area contributed by atoms with Crippen LogP contribution in [0.25, 0.3) is 11.1 Å². The van der Waals surface area contributed by atoms with Crippen LogP contribution in [0.1, 0.15) is 17.2 Å². The summed E-state index contributed by atoms with van der Waals surface area (Å²) in [5.74, 6) is 0. The Morgan fingerprint density at radius 2 is 1.30 bits per heavy atom. The topological polar surface area (TPSA) is 66.6 Å². The molecule has 0 bridgehead atoms. The minimum Gasteiger partial charge on any atom is -0.290 e. The SMILES string of the molecule is NS(=O)(=O)N1CCN(C2c3ccccc3-c3ccccc32)CC1. The number of nitrogens with zero attached hydrogens (tertiary/aromatic N) is 2. The maximum Gasteiger partial charge on any atom is 0.276 e. The predicted octanol–water partition coefficient (Wildman–Crippen LogP) is 1.58. The highest BCUT2D eigenvalue weighted by Gasteiger charge is 2.35. The molecule has 2 aliphatic rings. The van der Waals surface area contributed by atoms with Gasteiger partial charge in [0.25, 0.3) is 10.2 Å². The van der Waals surface area contributed by atoms with Crippen molar-refractivity contribution in [2.45, 2.75) is 6.04 Å². The average molecular weight is 329 g/mol. The first-order chi connectivity index (χ1) is 11.1. The number of benzene rings is 2. The minimum atomic E-state index is -3.59. The van der Waals surface area contributed by atoms with Gasteiger partial charge >= 0.3 is 0 Å². The summed E-state index contributed by atoms with van der Waals surface area (Å²) in [7, 11) is -3.59. The first kappa shape index (κ1) is 14.8. The highest BCUT2D eigenvalue weighted by Crippen LogP contribution is 2.46. The highest BCUT2D eigenvalue weighted by atomic mass is 32.2. The Bertz CT molecular complexity index is 797. The Morgan fingerprint density at radius 3 is 1.78 bits per heavy atom. The maximum absolute atomic E-state index is 11.5. The van der Waals surface area contributed by atoms with E-state index < -0.39 is 10.2 Å². The Morgan fingerprint density at radius 1 is 0.826 bits per heavy atom. The smallest absolute Gasteiger partial charge is 0.276 e. The normalized spacial score (nSPS) is 19.5. The quantitative estimate of drug-likeness (QED) is 0.909. The number of nitrogens with two attached hydrogens (primary N) is 1. The summed E-state index contributed by atoms with van der Waals surface area (Å²) in [6, 6.07) is 17.1. The predicted molar refractivity (Wildman–Crippen MR) is 90.0 cm³/mol. The molecule has 2 aromatic carbocycles. The summed E-state index contributed by atoms with van der Waals surface area (Å²) < 4.78 is 24.3. The van der Waals surface area contributed by atoms with E-state index in [1.54, 1.807) is 0 Å². The molecule has 0 unspecified atom stereocenters. The molecule has 4 rings (SSSR count). The van der Waals surface area contributed by atoms with Gasteiger partial charge < -0.3 is 0 Å². The van der Waals surface area contributed by atoms with Crippen molar-refractivity contribution in [3.05, 3.63) is 59.7 Å². The van der Waals surface area contributed by atoms with E-state index in [0.29, 0.717) is 26.2 Å². The van der Waals surface area contributed by atoms with Gasteiger partial charge in [0.05, 0.1) is 6.04 Å². The van der Waals surface area contributed by atoms with Gasteiger partial charge in [0.2, 0.25) is 0 Å². The Balaban J connectivity index is 1.68. The lowest BCUT2D eigenvalue weighted by Gasteiger charge is -2.37. The van der Waals surface area contributed by atoms with Crippen LogP contribution in [0.5, 0.6) is 0 Å². The fourth-order valence-electron chi connectivity index (χ4n) is 3.74. The van der Waals surface area contributed by atoms with Crippen molar-refractivity contribution in [1.82, 2.24) is 9.21 Å². The van der Waals surface area contributed by atoms with Gasteiger partial charge in [0.15, 0.2) is 0 Å². The zero-order chi connectivity index (χ0) is 16.0. The zero-order valence-corrected chi connectivity index (χ0v) is 13.5. The van der Waals surface area contributed by atoms with E-state index in [0.717, 1.165) is 0 Å². The lowest BCUT2D eigenvalue weighted by atomic mass is 10.0. The third-order valence-electron chi connectivity index (χ3n) is 4.80. The number of piperazine rings is 1. The van der Waals surface area contributed by atoms with Crippen LogP contribution in [0.3, 0.4) is 0 Å². The molecule has 1 heterocycles. The number of hydrogen-bond acceptors (Lipinski definition) is 3. The molecule has 0 saturated carbocycles. The Labute approximate surface area is 136 Å². The monoisotopic (exact) mass is 329 g/mol. The van der Waals surface area contributed by atoms with E-state index in [2.05, 4.69) is 53.4 Å². The van der Waals surface area contributed by atoms with Crippen molar-refractivity contribution < 1.29 is 8.42 Å². The molecule has 2 N–H and O–H groups in total. The van der Waals surface area contributed by atoms with Crippen molar-refractivity contribution in [2.75, 3.05) is 26.2 Å². The molecule has 5 nitrogen and oxygen atoms in total. The van der Waals surface area contributed by atoms with Crippen LogP contribution in [-0.2, 0) is 10.2 Å². The first-order valence-electron chi connectivity index (χ1n) is 7.76. The van der Waals surface area contributed by atoms with Crippen molar-refractivity contribution >= 4 is 10.2 Å². The molecule has 0 atom stereocenters. The van der Waals surface area contributed by atoms with Crippen molar-refractivity contribution in [2.24, 2.45) is 5.14 Å². The fraction of sp³-hybridized carbons (Fsp3) is 0.294. The van der Waals surface area contributed by atoms with Crippen LogP contribution in [0.2, 0.25) is 0 Å². The third-order valence-corrected chi connectivity index (χ3v) is 5.88. The van der Waals surface area contributed by atoms with Crippen LogP contribution in [0.4, 0.5) is 0 Å². The van der Waals surface area contributed by atoms with Gasteiger partial charge in [-0.1, -0.05) is 48.5 Å². The van der Waals surface area contributed by atoms with Gasteiger partial charge in [-0.15, -0.1) is 0 Å². The van der Waals surface area contributed by atoms with Crippen LogP contribution in [0, 0.1) is 0 Å². The molecular formula is C17H19N3O2S. The Kier molecular flexibility index (Phi) is 3.50. The second-order valence-electron chi connectivity index (χ2n) is 6.06.